The minimum absolute atomic E-state index is 0.134. The number of ether oxygens (including phenoxy) is 1. The van der Waals surface area contributed by atoms with Crippen LogP contribution in [0.4, 0.5) is 5.82 Å². The average molecular weight is 352 g/mol. The molecule has 2 aromatic rings. The van der Waals surface area contributed by atoms with E-state index in [0.29, 0.717) is 5.56 Å². The first-order valence-electron chi connectivity index (χ1n) is 8.30. The maximum absolute atomic E-state index is 12.4. The fourth-order valence-corrected chi connectivity index (χ4v) is 3.19. The molecule has 0 bridgehead atoms. The van der Waals surface area contributed by atoms with Gasteiger partial charge in [-0.1, -0.05) is 18.7 Å². The molecule has 1 heterocycles. The minimum atomic E-state index is -0.367. The SMILES string of the molecule is C=CCOC(=O)c1ccc2c(c1C)CC[C@@H]2NC(=O)c1cc(N)ncn1. The lowest BCUT2D eigenvalue weighted by Crippen LogP contribution is -2.28. The molecule has 3 rings (SSSR count). The number of carbonyl (C=O) groups excluding carboxylic acids is 2. The highest BCUT2D eigenvalue weighted by Gasteiger charge is 2.28. The normalized spacial score (nSPS) is 15.2. The Labute approximate surface area is 151 Å². The number of carbonyl (C=O) groups is 2. The van der Waals surface area contributed by atoms with Gasteiger partial charge < -0.3 is 15.8 Å². The molecule has 0 unspecified atom stereocenters. The van der Waals surface area contributed by atoms with Crippen LogP contribution in [0.25, 0.3) is 0 Å². The van der Waals surface area contributed by atoms with Crippen molar-refractivity contribution in [3.05, 3.63) is 65.1 Å². The van der Waals surface area contributed by atoms with E-state index in [1.54, 1.807) is 6.07 Å². The summed E-state index contributed by atoms with van der Waals surface area (Å²) in [5.74, 6) is -0.422. The molecule has 1 amide bonds. The van der Waals surface area contributed by atoms with E-state index in [4.69, 9.17) is 10.5 Å². The van der Waals surface area contributed by atoms with Gasteiger partial charge in [-0.15, -0.1) is 0 Å². The Bertz CT molecular complexity index is 879. The Kier molecular flexibility index (Phi) is 4.97. The van der Waals surface area contributed by atoms with Gasteiger partial charge in [-0.2, -0.15) is 0 Å². The summed E-state index contributed by atoms with van der Waals surface area (Å²) in [5.41, 5.74) is 9.35. The lowest BCUT2D eigenvalue weighted by Gasteiger charge is -2.15. The average Bonchev–Trinajstić information content (AvgIpc) is 3.03. The number of hydrogen-bond acceptors (Lipinski definition) is 6. The lowest BCUT2D eigenvalue weighted by molar-refractivity contribution is 0.0548. The van der Waals surface area contributed by atoms with Crippen LogP contribution in [-0.4, -0.2) is 28.5 Å². The van der Waals surface area contributed by atoms with Gasteiger partial charge in [0.25, 0.3) is 5.91 Å². The first-order chi connectivity index (χ1) is 12.5. The number of nitrogens with two attached hydrogens (primary N) is 1. The maximum atomic E-state index is 12.4. The van der Waals surface area contributed by atoms with Crippen molar-refractivity contribution < 1.29 is 14.3 Å². The number of anilines is 1. The topological polar surface area (TPSA) is 107 Å². The lowest BCUT2D eigenvalue weighted by atomic mass is 9.98. The highest BCUT2D eigenvalue weighted by molar-refractivity contribution is 5.93. The number of nitrogen functional groups attached to an aromatic ring is 1. The van der Waals surface area contributed by atoms with E-state index in [2.05, 4.69) is 21.9 Å². The summed E-state index contributed by atoms with van der Waals surface area (Å²) in [7, 11) is 0. The number of hydrogen-bond donors (Lipinski definition) is 2. The Morgan fingerprint density at radius 2 is 2.23 bits per heavy atom. The van der Waals surface area contributed by atoms with Gasteiger partial charge in [0.1, 0.15) is 24.4 Å². The number of benzene rings is 1. The van der Waals surface area contributed by atoms with Crippen LogP contribution in [0.5, 0.6) is 0 Å². The zero-order valence-electron chi connectivity index (χ0n) is 14.5. The van der Waals surface area contributed by atoms with Crippen molar-refractivity contribution in [2.24, 2.45) is 0 Å². The second-order valence-electron chi connectivity index (χ2n) is 6.09. The summed E-state index contributed by atoms with van der Waals surface area (Å²) in [6.07, 6.45) is 4.33. The molecule has 0 aliphatic heterocycles. The molecule has 1 aliphatic rings. The van der Waals surface area contributed by atoms with E-state index in [1.807, 2.05) is 13.0 Å². The fourth-order valence-electron chi connectivity index (χ4n) is 3.19. The number of aromatic nitrogens is 2. The van der Waals surface area contributed by atoms with Crippen LogP contribution in [0.2, 0.25) is 0 Å². The van der Waals surface area contributed by atoms with Gasteiger partial charge in [0.15, 0.2) is 0 Å². The maximum Gasteiger partial charge on any atom is 0.338 e. The van der Waals surface area contributed by atoms with Crippen molar-refractivity contribution in [3.63, 3.8) is 0 Å². The highest BCUT2D eigenvalue weighted by Crippen LogP contribution is 2.35. The molecular weight excluding hydrogens is 332 g/mol. The molecule has 0 saturated carbocycles. The third kappa shape index (κ3) is 3.42. The Hall–Kier alpha value is -3.22. The molecular formula is C19H20N4O3. The van der Waals surface area contributed by atoms with Gasteiger partial charge in [0, 0.05) is 6.07 Å². The summed E-state index contributed by atoms with van der Waals surface area (Å²) in [5, 5.41) is 2.97. The molecule has 0 radical (unpaired) electrons. The molecule has 1 aromatic carbocycles. The molecule has 26 heavy (non-hydrogen) atoms. The Balaban J connectivity index is 1.79. The number of nitrogens with one attached hydrogen (secondary N) is 1. The molecule has 7 heteroatoms. The van der Waals surface area contributed by atoms with Gasteiger partial charge in [0.05, 0.1) is 11.6 Å². The molecule has 0 spiro atoms. The van der Waals surface area contributed by atoms with Crippen LogP contribution in [0, 0.1) is 6.92 Å². The van der Waals surface area contributed by atoms with Gasteiger partial charge in [-0.3, -0.25) is 4.79 Å². The molecule has 134 valence electrons. The number of fused-ring (bicyclic) bond motifs is 1. The molecule has 1 aliphatic carbocycles. The summed E-state index contributed by atoms with van der Waals surface area (Å²) in [6, 6.07) is 4.92. The highest BCUT2D eigenvalue weighted by atomic mass is 16.5. The van der Waals surface area contributed by atoms with Crippen molar-refractivity contribution in [2.45, 2.75) is 25.8 Å². The van der Waals surface area contributed by atoms with Gasteiger partial charge >= 0.3 is 5.97 Å². The van der Waals surface area contributed by atoms with Crippen molar-refractivity contribution in [1.29, 1.82) is 0 Å². The predicted octanol–water partition coefficient (Wildman–Crippen LogP) is 2.13. The van der Waals surface area contributed by atoms with E-state index < -0.39 is 0 Å². The van der Waals surface area contributed by atoms with E-state index in [9.17, 15) is 9.59 Å². The first kappa shape index (κ1) is 17.6. The van der Waals surface area contributed by atoms with E-state index in [1.165, 1.54) is 18.5 Å². The third-order valence-electron chi connectivity index (χ3n) is 4.47. The van der Waals surface area contributed by atoms with Crippen LogP contribution in [0.3, 0.4) is 0 Å². The number of rotatable bonds is 5. The van der Waals surface area contributed by atoms with Crippen LogP contribution in [0.1, 0.15) is 50.0 Å². The largest absolute Gasteiger partial charge is 0.458 e. The van der Waals surface area contributed by atoms with Crippen LogP contribution in [0.15, 0.2) is 37.2 Å². The summed E-state index contributed by atoms with van der Waals surface area (Å²) in [4.78, 5) is 32.3. The number of amides is 1. The molecule has 3 N–H and O–H groups in total. The second kappa shape index (κ2) is 7.35. The first-order valence-corrected chi connectivity index (χ1v) is 8.30. The standard InChI is InChI=1S/C19H20N4O3/c1-3-8-26-19(25)13-4-5-14-12(11(13)2)6-7-15(14)23-18(24)16-9-17(20)22-10-21-16/h3-5,9-10,15H,1,6-8H2,2H3,(H,23,24)(H2,20,21,22)/t15-/m0/s1. The van der Waals surface area contributed by atoms with Crippen LogP contribution < -0.4 is 11.1 Å². The molecule has 0 fully saturated rings. The van der Waals surface area contributed by atoms with Crippen LogP contribution >= 0.6 is 0 Å². The quantitative estimate of drug-likeness (QED) is 0.630. The van der Waals surface area contributed by atoms with Gasteiger partial charge in [-0.05, 0) is 42.5 Å². The molecule has 7 nitrogen and oxygen atoms in total. The van der Waals surface area contributed by atoms with Crippen molar-refractivity contribution in [1.82, 2.24) is 15.3 Å². The zero-order valence-corrected chi connectivity index (χ0v) is 14.5. The molecule has 0 saturated heterocycles. The molecule has 1 aromatic heterocycles. The number of esters is 1. The Morgan fingerprint density at radius 1 is 1.42 bits per heavy atom. The summed E-state index contributed by atoms with van der Waals surface area (Å²) < 4.78 is 5.13. The van der Waals surface area contributed by atoms with Gasteiger partial charge in [-0.25, -0.2) is 14.8 Å². The monoisotopic (exact) mass is 352 g/mol. The van der Waals surface area contributed by atoms with Crippen molar-refractivity contribution >= 4 is 17.7 Å². The number of nitrogens with zero attached hydrogens (tertiary/aromatic N) is 2. The van der Waals surface area contributed by atoms with E-state index >= 15 is 0 Å². The smallest absolute Gasteiger partial charge is 0.338 e. The minimum Gasteiger partial charge on any atom is -0.458 e. The van der Waals surface area contributed by atoms with Crippen LogP contribution in [-0.2, 0) is 11.2 Å². The molecule has 1 atom stereocenters. The van der Waals surface area contributed by atoms with Gasteiger partial charge in [0.2, 0.25) is 0 Å². The third-order valence-corrected chi connectivity index (χ3v) is 4.47. The second-order valence-corrected chi connectivity index (χ2v) is 6.09. The fraction of sp³-hybridized carbons (Fsp3) is 0.263. The van der Waals surface area contributed by atoms with Crippen molar-refractivity contribution in [2.75, 3.05) is 12.3 Å². The van der Waals surface area contributed by atoms with E-state index in [-0.39, 0.29) is 36.0 Å². The van der Waals surface area contributed by atoms with Crippen molar-refractivity contribution in [3.8, 4) is 0 Å². The summed E-state index contributed by atoms with van der Waals surface area (Å²) in [6.45, 7) is 5.62. The van der Waals surface area contributed by atoms with E-state index in [0.717, 1.165) is 29.5 Å². The zero-order chi connectivity index (χ0) is 18.7. The Morgan fingerprint density at radius 3 is 2.96 bits per heavy atom. The predicted molar refractivity (Wildman–Crippen MR) is 96.6 cm³/mol. The summed E-state index contributed by atoms with van der Waals surface area (Å²) >= 11 is 0.